The Morgan fingerprint density at radius 1 is 1.38 bits per heavy atom. The van der Waals surface area contributed by atoms with Crippen molar-refractivity contribution in [3.63, 3.8) is 0 Å². The van der Waals surface area contributed by atoms with Gasteiger partial charge in [0.1, 0.15) is 10.8 Å². The Balaban J connectivity index is 1.61. The Hall–Kier alpha value is -1.47. The lowest BCUT2D eigenvalue weighted by atomic mass is 9.86. The summed E-state index contributed by atoms with van der Waals surface area (Å²) in [6.07, 6.45) is 2.34. The molecule has 0 saturated heterocycles. The molecule has 1 aliphatic rings. The SMILES string of the molecule is CC(C)(C)c1cc(Br)ccc1OCC(=O)Nc1nnc(C2CC2)s1. The first kappa shape index (κ1) is 17.4. The lowest BCUT2D eigenvalue weighted by Crippen LogP contribution is -2.22. The van der Waals surface area contributed by atoms with Gasteiger partial charge in [-0.1, -0.05) is 48.0 Å². The molecule has 1 heterocycles. The largest absolute Gasteiger partial charge is 0.483 e. The zero-order chi connectivity index (χ0) is 17.3. The van der Waals surface area contributed by atoms with Gasteiger partial charge in [-0.3, -0.25) is 10.1 Å². The molecular weight excluding hydrogens is 390 g/mol. The van der Waals surface area contributed by atoms with Crippen molar-refractivity contribution in [2.45, 2.75) is 44.9 Å². The van der Waals surface area contributed by atoms with Gasteiger partial charge in [-0.25, -0.2) is 0 Å². The maximum Gasteiger partial charge on any atom is 0.264 e. The maximum absolute atomic E-state index is 12.1. The van der Waals surface area contributed by atoms with Crippen LogP contribution in [0.4, 0.5) is 5.13 Å². The van der Waals surface area contributed by atoms with Gasteiger partial charge < -0.3 is 4.74 Å². The fraction of sp³-hybridized carbons (Fsp3) is 0.471. The van der Waals surface area contributed by atoms with E-state index in [4.69, 9.17) is 4.74 Å². The van der Waals surface area contributed by atoms with E-state index in [0.717, 1.165) is 20.8 Å². The summed E-state index contributed by atoms with van der Waals surface area (Å²) in [5.41, 5.74) is 0.977. The zero-order valence-corrected chi connectivity index (χ0v) is 16.3. The van der Waals surface area contributed by atoms with E-state index in [1.165, 1.54) is 24.2 Å². The molecule has 0 radical (unpaired) electrons. The Bertz CT molecular complexity index is 751. The second-order valence-electron chi connectivity index (χ2n) is 6.95. The van der Waals surface area contributed by atoms with E-state index in [0.29, 0.717) is 11.0 Å². The van der Waals surface area contributed by atoms with Crippen molar-refractivity contribution >= 4 is 38.3 Å². The number of nitrogens with one attached hydrogen (secondary N) is 1. The van der Waals surface area contributed by atoms with E-state index in [-0.39, 0.29) is 17.9 Å². The standard InChI is InChI=1S/C17H20BrN3O2S/c1-17(2,3)12-8-11(18)6-7-13(12)23-9-14(22)19-16-21-20-15(24-16)10-4-5-10/h6-8,10H,4-5,9H2,1-3H3,(H,19,21,22). The molecule has 1 fully saturated rings. The van der Waals surface area contributed by atoms with Crippen LogP contribution in [0.3, 0.4) is 0 Å². The lowest BCUT2D eigenvalue weighted by Gasteiger charge is -2.23. The third-order valence-electron chi connectivity index (χ3n) is 3.72. The third-order valence-corrected chi connectivity index (χ3v) is 5.22. The lowest BCUT2D eigenvalue weighted by molar-refractivity contribution is -0.118. The first-order chi connectivity index (χ1) is 11.3. The molecule has 1 N–H and O–H groups in total. The van der Waals surface area contributed by atoms with Crippen LogP contribution in [0.5, 0.6) is 5.75 Å². The quantitative estimate of drug-likeness (QED) is 0.789. The summed E-state index contributed by atoms with van der Waals surface area (Å²) in [6, 6.07) is 5.82. The highest BCUT2D eigenvalue weighted by Crippen LogP contribution is 2.42. The highest BCUT2D eigenvalue weighted by molar-refractivity contribution is 9.10. The van der Waals surface area contributed by atoms with Crippen LogP contribution in [0, 0.1) is 0 Å². The van der Waals surface area contributed by atoms with Crippen LogP contribution < -0.4 is 10.1 Å². The average molecular weight is 410 g/mol. The fourth-order valence-electron chi connectivity index (χ4n) is 2.29. The van der Waals surface area contributed by atoms with Gasteiger partial charge in [0.25, 0.3) is 5.91 Å². The number of amides is 1. The van der Waals surface area contributed by atoms with Crippen molar-refractivity contribution in [3.8, 4) is 5.75 Å². The molecule has 7 heteroatoms. The number of halogens is 1. The molecule has 1 aromatic heterocycles. The van der Waals surface area contributed by atoms with Crippen LogP contribution in [0.1, 0.15) is 50.1 Å². The normalized spacial score (nSPS) is 14.5. The summed E-state index contributed by atoms with van der Waals surface area (Å²) in [4.78, 5) is 12.1. The number of benzene rings is 1. The Morgan fingerprint density at radius 2 is 2.12 bits per heavy atom. The highest BCUT2D eigenvalue weighted by atomic mass is 79.9. The van der Waals surface area contributed by atoms with Gasteiger partial charge in [-0.2, -0.15) is 0 Å². The summed E-state index contributed by atoms with van der Waals surface area (Å²) < 4.78 is 6.73. The topological polar surface area (TPSA) is 64.1 Å². The summed E-state index contributed by atoms with van der Waals surface area (Å²) in [6.45, 7) is 6.29. The van der Waals surface area contributed by atoms with E-state index in [1.807, 2.05) is 18.2 Å². The molecule has 1 aliphatic carbocycles. The van der Waals surface area contributed by atoms with Crippen molar-refractivity contribution < 1.29 is 9.53 Å². The van der Waals surface area contributed by atoms with Crippen molar-refractivity contribution in [1.82, 2.24) is 10.2 Å². The van der Waals surface area contributed by atoms with Crippen LogP contribution in [0.15, 0.2) is 22.7 Å². The molecule has 0 atom stereocenters. The molecule has 3 rings (SSSR count). The van der Waals surface area contributed by atoms with E-state index in [9.17, 15) is 4.79 Å². The molecule has 1 amide bonds. The van der Waals surface area contributed by atoms with Crippen molar-refractivity contribution in [2.75, 3.05) is 11.9 Å². The number of nitrogens with zero attached hydrogens (tertiary/aromatic N) is 2. The molecule has 2 aromatic rings. The number of hydrogen-bond donors (Lipinski definition) is 1. The Labute approximate surface area is 154 Å². The van der Waals surface area contributed by atoms with Crippen molar-refractivity contribution in [2.24, 2.45) is 0 Å². The molecule has 128 valence electrons. The predicted molar refractivity (Wildman–Crippen MR) is 98.9 cm³/mol. The van der Waals surface area contributed by atoms with Crippen LogP contribution in [-0.2, 0) is 10.2 Å². The molecule has 0 aliphatic heterocycles. The van der Waals surface area contributed by atoms with E-state index < -0.39 is 0 Å². The monoisotopic (exact) mass is 409 g/mol. The summed E-state index contributed by atoms with van der Waals surface area (Å²) in [7, 11) is 0. The zero-order valence-electron chi connectivity index (χ0n) is 13.9. The molecule has 0 spiro atoms. The van der Waals surface area contributed by atoms with Crippen LogP contribution >= 0.6 is 27.3 Å². The van der Waals surface area contributed by atoms with Crippen molar-refractivity contribution in [3.05, 3.63) is 33.2 Å². The molecule has 0 unspecified atom stereocenters. The minimum absolute atomic E-state index is 0.0525. The first-order valence-electron chi connectivity index (χ1n) is 7.89. The van der Waals surface area contributed by atoms with E-state index in [2.05, 4.69) is 52.2 Å². The number of hydrogen-bond acceptors (Lipinski definition) is 5. The van der Waals surface area contributed by atoms with Gasteiger partial charge in [0.05, 0.1) is 0 Å². The predicted octanol–water partition coefficient (Wildman–Crippen LogP) is 4.49. The van der Waals surface area contributed by atoms with Crippen LogP contribution in [0.25, 0.3) is 0 Å². The fourth-order valence-corrected chi connectivity index (χ4v) is 3.58. The second kappa shape index (κ2) is 6.80. The van der Waals surface area contributed by atoms with E-state index in [1.54, 1.807) is 0 Å². The summed E-state index contributed by atoms with van der Waals surface area (Å²) >= 11 is 4.93. The first-order valence-corrected chi connectivity index (χ1v) is 9.50. The Kier molecular flexibility index (Phi) is 4.92. The summed E-state index contributed by atoms with van der Waals surface area (Å²) in [5.74, 6) is 1.04. The van der Waals surface area contributed by atoms with Crippen LogP contribution in [-0.4, -0.2) is 22.7 Å². The Morgan fingerprint density at radius 3 is 2.79 bits per heavy atom. The smallest absolute Gasteiger partial charge is 0.264 e. The number of anilines is 1. The van der Waals surface area contributed by atoms with Gasteiger partial charge in [0, 0.05) is 16.0 Å². The minimum atomic E-state index is -0.226. The van der Waals surface area contributed by atoms with Crippen LogP contribution in [0.2, 0.25) is 0 Å². The molecule has 1 saturated carbocycles. The minimum Gasteiger partial charge on any atom is -0.483 e. The molecule has 1 aromatic carbocycles. The third kappa shape index (κ3) is 4.33. The van der Waals surface area contributed by atoms with Gasteiger partial charge in [0.15, 0.2) is 6.61 Å². The summed E-state index contributed by atoms with van der Waals surface area (Å²) in [5, 5.41) is 12.4. The molecular formula is C17H20BrN3O2S. The molecule has 0 bridgehead atoms. The number of rotatable bonds is 5. The van der Waals surface area contributed by atoms with Gasteiger partial charge in [0.2, 0.25) is 5.13 Å². The maximum atomic E-state index is 12.1. The average Bonchev–Trinajstić information content (AvgIpc) is 3.25. The van der Waals surface area contributed by atoms with Gasteiger partial charge in [-0.15, -0.1) is 10.2 Å². The number of carbonyl (C=O) groups excluding carboxylic acids is 1. The number of aromatic nitrogens is 2. The second-order valence-corrected chi connectivity index (χ2v) is 8.87. The van der Waals surface area contributed by atoms with Gasteiger partial charge in [-0.05, 0) is 36.5 Å². The highest BCUT2D eigenvalue weighted by Gasteiger charge is 2.27. The van der Waals surface area contributed by atoms with E-state index >= 15 is 0 Å². The van der Waals surface area contributed by atoms with Crippen molar-refractivity contribution in [1.29, 1.82) is 0 Å². The number of ether oxygens (including phenoxy) is 1. The molecule has 24 heavy (non-hydrogen) atoms. The number of carbonyl (C=O) groups is 1. The molecule has 5 nitrogen and oxygen atoms in total. The van der Waals surface area contributed by atoms with Gasteiger partial charge >= 0.3 is 0 Å².